The molecule has 1 aromatic carbocycles. The second-order valence-electron chi connectivity index (χ2n) is 5.14. The molecule has 118 valence electrons. The van der Waals surface area contributed by atoms with Crippen LogP contribution in [0.3, 0.4) is 0 Å². The normalized spacial score (nSPS) is 12.8. The number of nitrogens with zero attached hydrogens (tertiary/aromatic N) is 1. The number of halogens is 1. The highest BCUT2D eigenvalue weighted by Crippen LogP contribution is 2.22. The Balaban J connectivity index is 2.91. The van der Waals surface area contributed by atoms with Gasteiger partial charge in [-0.2, -0.15) is 0 Å². The monoisotopic (exact) mass is 332 g/mol. The summed E-state index contributed by atoms with van der Waals surface area (Å²) in [6.45, 7) is 3.41. The SMILES string of the molecule is CCS(=O)(=O)CC(C)Nc1ccc(Cl)c(C(=O)N(C)C)c1. The van der Waals surface area contributed by atoms with Crippen LogP contribution in [-0.4, -0.2) is 50.9 Å². The van der Waals surface area contributed by atoms with Gasteiger partial charge in [-0.3, -0.25) is 4.79 Å². The van der Waals surface area contributed by atoms with Crippen molar-refractivity contribution in [2.75, 3.05) is 30.9 Å². The molecule has 21 heavy (non-hydrogen) atoms. The molecule has 0 spiro atoms. The van der Waals surface area contributed by atoms with Crippen LogP contribution in [0.2, 0.25) is 5.02 Å². The van der Waals surface area contributed by atoms with Crippen molar-refractivity contribution in [2.24, 2.45) is 0 Å². The molecule has 0 fully saturated rings. The summed E-state index contributed by atoms with van der Waals surface area (Å²) < 4.78 is 23.2. The smallest absolute Gasteiger partial charge is 0.254 e. The van der Waals surface area contributed by atoms with Gasteiger partial charge in [0, 0.05) is 31.6 Å². The third-order valence-corrected chi connectivity index (χ3v) is 5.18. The van der Waals surface area contributed by atoms with Gasteiger partial charge in [0.15, 0.2) is 9.84 Å². The van der Waals surface area contributed by atoms with Gasteiger partial charge in [-0.15, -0.1) is 0 Å². The standard InChI is InChI=1S/C14H21ClN2O3S/c1-5-21(19,20)9-10(2)16-11-6-7-13(15)12(8-11)14(18)17(3)4/h6-8,10,16H,5,9H2,1-4H3. The third kappa shape index (κ3) is 5.21. The highest BCUT2D eigenvalue weighted by Gasteiger charge is 2.16. The molecule has 0 bridgehead atoms. The van der Waals surface area contributed by atoms with Crippen LogP contribution < -0.4 is 5.32 Å². The zero-order valence-corrected chi connectivity index (χ0v) is 14.3. The summed E-state index contributed by atoms with van der Waals surface area (Å²) in [6.07, 6.45) is 0. The van der Waals surface area contributed by atoms with Gasteiger partial charge in [0.25, 0.3) is 5.91 Å². The predicted molar refractivity (Wildman–Crippen MR) is 86.9 cm³/mol. The number of hydrogen-bond donors (Lipinski definition) is 1. The summed E-state index contributed by atoms with van der Waals surface area (Å²) in [6, 6.07) is 4.74. The summed E-state index contributed by atoms with van der Waals surface area (Å²) in [5, 5.41) is 3.45. The van der Waals surface area contributed by atoms with Gasteiger partial charge in [-0.1, -0.05) is 18.5 Å². The van der Waals surface area contributed by atoms with E-state index in [1.54, 1.807) is 46.1 Å². The number of hydrogen-bond acceptors (Lipinski definition) is 4. The summed E-state index contributed by atoms with van der Waals surface area (Å²) in [7, 11) is 0.245. The molecular formula is C14H21ClN2O3S. The van der Waals surface area contributed by atoms with Crippen molar-refractivity contribution in [3.8, 4) is 0 Å². The molecule has 1 aromatic rings. The average Bonchev–Trinajstić information content (AvgIpc) is 2.39. The van der Waals surface area contributed by atoms with E-state index in [0.29, 0.717) is 16.3 Å². The van der Waals surface area contributed by atoms with Gasteiger partial charge >= 0.3 is 0 Å². The zero-order chi connectivity index (χ0) is 16.2. The van der Waals surface area contributed by atoms with Crippen LogP contribution in [-0.2, 0) is 9.84 Å². The maximum absolute atomic E-state index is 12.0. The Hall–Kier alpha value is -1.27. The quantitative estimate of drug-likeness (QED) is 0.868. The van der Waals surface area contributed by atoms with Crippen molar-refractivity contribution >= 4 is 33.0 Å². The maximum atomic E-state index is 12.0. The lowest BCUT2D eigenvalue weighted by atomic mass is 10.1. The van der Waals surface area contributed by atoms with E-state index in [0.717, 1.165) is 0 Å². The average molecular weight is 333 g/mol. The number of rotatable bonds is 6. The molecule has 0 aliphatic carbocycles. The van der Waals surface area contributed by atoms with Crippen LogP contribution in [0.4, 0.5) is 5.69 Å². The molecule has 0 aliphatic rings. The number of anilines is 1. The number of amides is 1. The molecule has 0 saturated heterocycles. The minimum Gasteiger partial charge on any atom is -0.382 e. The molecule has 0 aromatic heterocycles. The first kappa shape index (κ1) is 17.8. The van der Waals surface area contributed by atoms with E-state index < -0.39 is 9.84 Å². The minimum atomic E-state index is -3.05. The summed E-state index contributed by atoms with van der Waals surface area (Å²) >= 11 is 6.03. The Bertz CT molecular complexity index is 615. The second-order valence-corrected chi connectivity index (χ2v) is 7.94. The van der Waals surface area contributed by atoms with E-state index in [1.807, 2.05) is 0 Å². The lowest BCUT2D eigenvalue weighted by Gasteiger charge is -2.17. The van der Waals surface area contributed by atoms with E-state index in [2.05, 4.69) is 5.32 Å². The number of sulfone groups is 1. The molecule has 1 atom stereocenters. The van der Waals surface area contributed by atoms with Gasteiger partial charge in [0.2, 0.25) is 0 Å². The maximum Gasteiger partial charge on any atom is 0.254 e. The third-order valence-electron chi connectivity index (χ3n) is 2.96. The van der Waals surface area contributed by atoms with E-state index in [4.69, 9.17) is 11.6 Å². The highest BCUT2D eigenvalue weighted by atomic mass is 35.5. The molecule has 0 saturated carbocycles. The van der Waals surface area contributed by atoms with E-state index in [1.165, 1.54) is 4.90 Å². The van der Waals surface area contributed by atoms with Crippen LogP contribution in [0.15, 0.2) is 18.2 Å². The topological polar surface area (TPSA) is 66.5 Å². The predicted octanol–water partition coefficient (Wildman–Crippen LogP) is 2.28. The largest absolute Gasteiger partial charge is 0.382 e. The first-order valence-electron chi connectivity index (χ1n) is 6.64. The summed E-state index contributed by atoms with van der Waals surface area (Å²) in [4.78, 5) is 13.4. The van der Waals surface area contributed by atoms with Gasteiger partial charge in [0.05, 0.1) is 16.3 Å². The summed E-state index contributed by atoms with van der Waals surface area (Å²) in [5.41, 5.74) is 1.06. The molecular weight excluding hydrogens is 312 g/mol. The fraction of sp³-hybridized carbons (Fsp3) is 0.500. The Labute approximate surface area is 131 Å². The molecule has 1 unspecified atom stereocenters. The zero-order valence-electron chi connectivity index (χ0n) is 12.7. The molecule has 1 amide bonds. The first-order valence-corrected chi connectivity index (χ1v) is 8.84. The minimum absolute atomic E-state index is 0.0447. The first-order chi connectivity index (χ1) is 9.66. The Kier molecular flexibility index (Phi) is 6.04. The molecule has 0 radical (unpaired) electrons. The molecule has 0 heterocycles. The number of carbonyl (C=O) groups excluding carboxylic acids is 1. The van der Waals surface area contributed by atoms with Crippen molar-refractivity contribution in [3.05, 3.63) is 28.8 Å². The highest BCUT2D eigenvalue weighted by molar-refractivity contribution is 7.91. The van der Waals surface area contributed by atoms with Crippen molar-refractivity contribution in [1.82, 2.24) is 4.90 Å². The van der Waals surface area contributed by atoms with Crippen molar-refractivity contribution in [1.29, 1.82) is 0 Å². The van der Waals surface area contributed by atoms with Crippen molar-refractivity contribution in [3.63, 3.8) is 0 Å². The number of nitrogens with one attached hydrogen (secondary N) is 1. The van der Waals surface area contributed by atoms with E-state index in [9.17, 15) is 13.2 Å². The lowest BCUT2D eigenvalue weighted by molar-refractivity contribution is 0.0828. The lowest BCUT2D eigenvalue weighted by Crippen LogP contribution is -2.27. The molecule has 7 heteroatoms. The number of carbonyl (C=O) groups is 1. The fourth-order valence-electron chi connectivity index (χ4n) is 1.84. The van der Waals surface area contributed by atoms with Gasteiger partial charge < -0.3 is 10.2 Å². The van der Waals surface area contributed by atoms with Gasteiger partial charge in [-0.05, 0) is 25.1 Å². The van der Waals surface area contributed by atoms with E-state index >= 15 is 0 Å². The Morgan fingerprint density at radius 2 is 2.00 bits per heavy atom. The van der Waals surface area contributed by atoms with Crippen LogP contribution in [0.25, 0.3) is 0 Å². The van der Waals surface area contributed by atoms with Gasteiger partial charge in [-0.25, -0.2) is 8.42 Å². The van der Waals surface area contributed by atoms with Crippen LogP contribution in [0.1, 0.15) is 24.2 Å². The van der Waals surface area contributed by atoms with E-state index in [-0.39, 0.29) is 23.5 Å². The fourth-order valence-corrected chi connectivity index (χ4v) is 3.12. The molecule has 1 N–H and O–H groups in total. The Morgan fingerprint density at radius 3 is 2.52 bits per heavy atom. The van der Waals surface area contributed by atoms with Gasteiger partial charge in [0.1, 0.15) is 0 Å². The molecule has 5 nitrogen and oxygen atoms in total. The second kappa shape index (κ2) is 7.13. The van der Waals surface area contributed by atoms with Crippen LogP contribution >= 0.6 is 11.6 Å². The molecule has 0 aliphatic heterocycles. The summed E-state index contributed by atoms with van der Waals surface area (Å²) in [5.74, 6) is -0.0370. The van der Waals surface area contributed by atoms with Crippen LogP contribution in [0.5, 0.6) is 0 Å². The van der Waals surface area contributed by atoms with Crippen molar-refractivity contribution in [2.45, 2.75) is 19.9 Å². The van der Waals surface area contributed by atoms with Crippen LogP contribution in [0, 0.1) is 0 Å². The Morgan fingerprint density at radius 1 is 1.38 bits per heavy atom. The number of benzene rings is 1. The molecule has 1 rings (SSSR count). The van der Waals surface area contributed by atoms with Crippen molar-refractivity contribution < 1.29 is 13.2 Å².